The Labute approximate surface area is 128 Å². The van der Waals surface area contributed by atoms with Crippen molar-refractivity contribution >= 4 is 27.5 Å². The Balaban J connectivity index is 2.13. The number of esters is 1. The van der Waals surface area contributed by atoms with Crippen LogP contribution in [0.4, 0.5) is 4.39 Å². The van der Waals surface area contributed by atoms with Gasteiger partial charge < -0.3 is 9.14 Å². The molecule has 0 atom stereocenters. The van der Waals surface area contributed by atoms with Gasteiger partial charge in [0.25, 0.3) is 0 Å². The van der Waals surface area contributed by atoms with Crippen LogP contribution in [-0.2, 0) is 4.74 Å². The minimum atomic E-state index is -0.422. The van der Waals surface area contributed by atoms with E-state index >= 15 is 0 Å². The van der Waals surface area contributed by atoms with Crippen LogP contribution in [0.15, 0.2) is 47.2 Å². The van der Waals surface area contributed by atoms with E-state index in [1.165, 1.54) is 13.2 Å². The summed E-state index contributed by atoms with van der Waals surface area (Å²) in [7, 11) is 1.33. The summed E-state index contributed by atoms with van der Waals surface area (Å²) in [4.78, 5) is 15.9. The molecule has 0 fully saturated rings. The molecule has 0 spiro atoms. The molecule has 0 bridgehead atoms. The van der Waals surface area contributed by atoms with Crippen molar-refractivity contribution in [1.29, 1.82) is 0 Å². The van der Waals surface area contributed by atoms with E-state index in [0.29, 0.717) is 26.9 Å². The number of methoxy groups -OCH3 is 1. The van der Waals surface area contributed by atoms with Crippen LogP contribution in [0.5, 0.6) is 0 Å². The molecule has 3 rings (SSSR count). The topological polar surface area (TPSA) is 43.6 Å². The highest BCUT2D eigenvalue weighted by atomic mass is 79.9. The zero-order chi connectivity index (χ0) is 15.0. The molecule has 2 aromatic heterocycles. The SMILES string of the molecule is COC(=O)c1ccn2cc(-c3cccc(F)c3Br)nc2c1. The molecule has 1 aromatic carbocycles. The third kappa shape index (κ3) is 2.42. The van der Waals surface area contributed by atoms with Gasteiger partial charge in [0.05, 0.1) is 22.8 Å². The number of pyridine rings is 1. The second-order valence-electron chi connectivity index (χ2n) is 4.40. The van der Waals surface area contributed by atoms with E-state index < -0.39 is 5.97 Å². The number of imidazole rings is 1. The van der Waals surface area contributed by atoms with E-state index in [0.717, 1.165) is 0 Å². The Morgan fingerprint density at radius 1 is 1.38 bits per heavy atom. The summed E-state index contributed by atoms with van der Waals surface area (Å²) in [5.74, 6) is -0.770. The quantitative estimate of drug-likeness (QED) is 0.663. The predicted octanol–water partition coefficient (Wildman–Crippen LogP) is 3.69. The van der Waals surface area contributed by atoms with Gasteiger partial charge in [0.1, 0.15) is 11.5 Å². The molecule has 0 radical (unpaired) electrons. The molecule has 0 saturated heterocycles. The van der Waals surface area contributed by atoms with Crippen LogP contribution in [0.2, 0.25) is 0 Å². The fourth-order valence-electron chi connectivity index (χ4n) is 2.06. The van der Waals surface area contributed by atoms with Crippen LogP contribution < -0.4 is 0 Å². The molecule has 0 N–H and O–H groups in total. The van der Waals surface area contributed by atoms with Gasteiger partial charge in [0.2, 0.25) is 0 Å². The van der Waals surface area contributed by atoms with Crippen molar-refractivity contribution in [2.45, 2.75) is 0 Å². The minimum absolute atomic E-state index is 0.347. The molecule has 0 aliphatic rings. The van der Waals surface area contributed by atoms with Crippen molar-refractivity contribution < 1.29 is 13.9 Å². The molecule has 21 heavy (non-hydrogen) atoms. The summed E-state index contributed by atoms with van der Waals surface area (Å²) in [6, 6.07) is 8.04. The molecule has 106 valence electrons. The predicted molar refractivity (Wildman–Crippen MR) is 79.6 cm³/mol. The van der Waals surface area contributed by atoms with Gasteiger partial charge in [0, 0.05) is 18.0 Å². The van der Waals surface area contributed by atoms with Crippen LogP contribution in [-0.4, -0.2) is 22.5 Å². The highest BCUT2D eigenvalue weighted by Gasteiger charge is 2.12. The largest absolute Gasteiger partial charge is 0.465 e. The number of aromatic nitrogens is 2. The number of hydrogen-bond donors (Lipinski definition) is 0. The summed E-state index contributed by atoms with van der Waals surface area (Å²) in [5, 5.41) is 0. The van der Waals surface area contributed by atoms with Crippen LogP contribution in [0, 0.1) is 5.82 Å². The van der Waals surface area contributed by atoms with Gasteiger partial charge in [-0.15, -0.1) is 0 Å². The molecule has 0 unspecified atom stereocenters. The smallest absolute Gasteiger partial charge is 0.338 e. The summed E-state index contributed by atoms with van der Waals surface area (Å²) < 4.78 is 20.4. The number of fused-ring (bicyclic) bond motifs is 1. The van der Waals surface area contributed by atoms with Crippen LogP contribution >= 0.6 is 15.9 Å². The highest BCUT2D eigenvalue weighted by Crippen LogP contribution is 2.29. The Morgan fingerprint density at radius 3 is 2.95 bits per heavy atom. The molecule has 2 heterocycles. The van der Waals surface area contributed by atoms with E-state index in [-0.39, 0.29) is 5.82 Å². The third-order valence-corrected chi connectivity index (χ3v) is 3.91. The van der Waals surface area contributed by atoms with Gasteiger partial charge in [0.15, 0.2) is 0 Å². The zero-order valence-electron chi connectivity index (χ0n) is 11.0. The van der Waals surface area contributed by atoms with E-state index in [4.69, 9.17) is 0 Å². The number of halogens is 2. The summed E-state index contributed by atoms with van der Waals surface area (Å²) in [5.41, 5.74) is 2.27. The average Bonchev–Trinajstić information content (AvgIpc) is 2.91. The van der Waals surface area contributed by atoms with Gasteiger partial charge in [-0.05, 0) is 34.1 Å². The maximum Gasteiger partial charge on any atom is 0.338 e. The highest BCUT2D eigenvalue weighted by molar-refractivity contribution is 9.10. The molecule has 0 amide bonds. The standard InChI is InChI=1S/C15H10BrFN2O2/c1-21-15(20)9-5-6-19-8-12(18-13(19)7-9)10-3-2-4-11(17)14(10)16/h2-8H,1H3. The van der Waals surface area contributed by atoms with Crippen molar-refractivity contribution in [2.75, 3.05) is 7.11 Å². The average molecular weight is 349 g/mol. The van der Waals surface area contributed by atoms with Crippen molar-refractivity contribution in [2.24, 2.45) is 0 Å². The Kier molecular flexibility index (Phi) is 3.47. The fraction of sp³-hybridized carbons (Fsp3) is 0.0667. The summed E-state index contributed by atoms with van der Waals surface area (Å²) in [6.45, 7) is 0. The van der Waals surface area contributed by atoms with Gasteiger partial charge >= 0.3 is 5.97 Å². The van der Waals surface area contributed by atoms with Crippen LogP contribution in [0.1, 0.15) is 10.4 Å². The summed E-state index contributed by atoms with van der Waals surface area (Å²) >= 11 is 3.22. The molecule has 6 heteroatoms. The first kappa shape index (κ1) is 13.8. The Bertz CT molecular complexity index is 845. The Morgan fingerprint density at radius 2 is 2.19 bits per heavy atom. The van der Waals surface area contributed by atoms with Gasteiger partial charge in [-0.1, -0.05) is 12.1 Å². The van der Waals surface area contributed by atoms with Crippen molar-refractivity contribution in [3.05, 3.63) is 58.6 Å². The second kappa shape index (κ2) is 5.29. The number of carbonyl (C=O) groups excluding carboxylic acids is 1. The normalized spacial score (nSPS) is 10.8. The van der Waals surface area contributed by atoms with Crippen molar-refractivity contribution in [1.82, 2.24) is 9.38 Å². The van der Waals surface area contributed by atoms with Crippen molar-refractivity contribution in [3.63, 3.8) is 0 Å². The number of rotatable bonds is 2. The first-order chi connectivity index (χ1) is 10.1. The molecule has 3 aromatic rings. The van der Waals surface area contributed by atoms with E-state index in [2.05, 4.69) is 25.7 Å². The first-order valence-corrected chi connectivity index (χ1v) is 6.91. The molecular weight excluding hydrogens is 339 g/mol. The third-order valence-electron chi connectivity index (χ3n) is 3.11. The Hall–Kier alpha value is -2.21. The van der Waals surface area contributed by atoms with E-state index in [1.54, 1.807) is 41.1 Å². The number of carbonyl (C=O) groups is 1. The van der Waals surface area contributed by atoms with Gasteiger partial charge in [-0.2, -0.15) is 0 Å². The second-order valence-corrected chi connectivity index (χ2v) is 5.19. The number of ether oxygens (including phenoxy) is 1. The zero-order valence-corrected chi connectivity index (χ0v) is 12.6. The van der Waals surface area contributed by atoms with Crippen LogP contribution in [0.25, 0.3) is 16.9 Å². The van der Waals surface area contributed by atoms with Gasteiger partial charge in [-0.25, -0.2) is 14.2 Å². The molecule has 0 aliphatic heterocycles. The number of benzene rings is 1. The van der Waals surface area contributed by atoms with Crippen LogP contribution in [0.3, 0.4) is 0 Å². The van der Waals surface area contributed by atoms with E-state index in [9.17, 15) is 9.18 Å². The maximum atomic E-state index is 13.6. The number of nitrogens with zero attached hydrogens (tertiary/aromatic N) is 2. The van der Waals surface area contributed by atoms with E-state index in [1.807, 2.05) is 0 Å². The fourth-order valence-corrected chi connectivity index (χ4v) is 2.53. The summed E-state index contributed by atoms with van der Waals surface area (Å²) in [6.07, 6.45) is 3.49. The minimum Gasteiger partial charge on any atom is -0.465 e. The maximum absolute atomic E-state index is 13.6. The lowest BCUT2D eigenvalue weighted by Gasteiger charge is -2.00. The molecule has 4 nitrogen and oxygen atoms in total. The molecular formula is C15H10BrFN2O2. The van der Waals surface area contributed by atoms with Crippen molar-refractivity contribution in [3.8, 4) is 11.3 Å². The lowest BCUT2D eigenvalue weighted by Crippen LogP contribution is -2.01. The lowest BCUT2D eigenvalue weighted by molar-refractivity contribution is 0.0600. The molecule has 0 aliphatic carbocycles. The first-order valence-electron chi connectivity index (χ1n) is 6.11. The number of hydrogen-bond acceptors (Lipinski definition) is 3. The monoisotopic (exact) mass is 348 g/mol. The molecule has 0 saturated carbocycles. The lowest BCUT2D eigenvalue weighted by atomic mass is 10.2. The van der Waals surface area contributed by atoms with Gasteiger partial charge in [-0.3, -0.25) is 0 Å².